The molecule has 0 unspecified atom stereocenters. The van der Waals surface area contributed by atoms with Crippen molar-refractivity contribution in [3.05, 3.63) is 0 Å². The quantitative estimate of drug-likeness (QED) is 0.499. The van der Waals surface area contributed by atoms with Crippen LogP contribution in [0.1, 0.15) is 0 Å². The summed E-state index contributed by atoms with van der Waals surface area (Å²) in [6, 6.07) is 0. The van der Waals surface area contributed by atoms with Crippen LogP contribution in [0.25, 0.3) is 0 Å². The van der Waals surface area contributed by atoms with Crippen LogP contribution in [0.5, 0.6) is 0 Å². The van der Waals surface area contributed by atoms with Gasteiger partial charge < -0.3 is 15.6 Å². The van der Waals surface area contributed by atoms with Gasteiger partial charge >= 0.3 is 0 Å². The number of aliphatic hydroxyl groups is 1. The molecule has 4 N–H and O–H groups in total. The highest BCUT2D eigenvalue weighted by Gasteiger charge is 2.14. The molecule has 0 aromatic heterocycles. The second-order valence-corrected chi connectivity index (χ2v) is 2.86. The lowest BCUT2D eigenvalue weighted by Crippen LogP contribution is -2.58. The highest BCUT2D eigenvalue weighted by Crippen LogP contribution is 1.97. The number of morpholine rings is 1. The number of nitrogens with zero attached hydrogens (tertiary/aromatic N) is 1. The molecule has 1 rings (SSSR count). The van der Waals surface area contributed by atoms with Crippen LogP contribution in [0, 0.1) is 0 Å². The zero-order valence-corrected chi connectivity index (χ0v) is 6.83. The normalized spacial score (nSPS) is 23.5. The van der Waals surface area contributed by atoms with Gasteiger partial charge in [-0.3, -0.25) is 4.90 Å². The SMILES string of the molecule is [NH3+]C[C@@H](O)CN1CCOCC1. The van der Waals surface area contributed by atoms with E-state index in [1.54, 1.807) is 0 Å². The Bertz CT molecular complexity index is 105. The number of quaternary nitrogens is 1. The van der Waals surface area contributed by atoms with Gasteiger partial charge in [-0.05, 0) is 0 Å². The molecule has 0 bridgehead atoms. The van der Waals surface area contributed by atoms with E-state index in [1.165, 1.54) is 0 Å². The molecule has 1 atom stereocenters. The number of hydrogen-bond donors (Lipinski definition) is 2. The second kappa shape index (κ2) is 4.66. The van der Waals surface area contributed by atoms with Gasteiger partial charge in [0.1, 0.15) is 12.6 Å². The molecule has 1 aliphatic rings. The molecular weight excluding hydrogens is 144 g/mol. The first-order chi connectivity index (χ1) is 5.33. The Morgan fingerprint density at radius 1 is 1.45 bits per heavy atom. The first-order valence-corrected chi connectivity index (χ1v) is 4.10. The van der Waals surface area contributed by atoms with Crippen LogP contribution in [0.4, 0.5) is 0 Å². The van der Waals surface area contributed by atoms with E-state index in [0.29, 0.717) is 6.54 Å². The van der Waals surface area contributed by atoms with E-state index in [2.05, 4.69) is 10.6 Å². The van der Waals surface area contributed by atoms with Crippen LogP contribution in [-0.4, -0.2) is 55.5 Å². The summed E-state index contributed by atoms with van der Waals surface area (Å²) >= 11 is 0. The Morgan fingerprint density at radius 3 is 2.64 bits per heavy atom. The van der Waals surface area contributed by atoms with Crippen LogP contribution in [0.3, 0.4) is 0 Å². The largest absolute Gasteiger partial charge is 0.386 e. The van der Waals surface area contributed by atoms with Gasteiger partial charge in [0.25, 0.3) is 0 Å². The molecule has 0 spiro atoms. The van der Waals surface area contributed by atoms with Crippen LogP contribution in [-0.2, 0) is 4.74 Å². The first-order valence-electron chi connectivity index (χ1n) is 4.10. The number of ether oxygens (including phenoxy) is 1. The van der Waals surface area contributed by atoms with Crippen LogP contribution >= 0.6 is 0 Å². The molecule has 0 radical (unpaired) electrons. The number of aliphatic hydroxyl groups excluding tert-OH is 1. The molecule has 4 heteroatoms. The van der Waals surface area contributed by atoms with Gasteiger partial charge in [-0.15, -0.1) is 0 Å². The van der Waals surface area contributed by atoms with Gasteiger partial charge in [-0.25, -0.2) is 0 Å². The van der Waals surface area contributed by atoms with Crippen molar-refractivity contribution in [1.29, 1.82) is 0 Å². The minimum Gasteiger partial charge on any atom is -0.386 e. The van der Waals surface area contributed by atoms with Crippen molar-refractivity contribution in [2.45, 2.75) is 6.10 Å². The van der Waals surface area contributed by atoms with E-state index in [0.717, 1.165) is 32.8 Å². The van der Waals surface area contributed by atoms with E-state index < -0.39 is 0 Å². The van der Waals surface area contributed by atoms with E-state index >= 15 is 0 Å². The van der Waals surface area contributed by atoms with Crippen molar-refractivity contribution in [3.8, 4) is 0 Å². The van der Waals surface area contributed by atoms with E-state index in [4.69, 9.17) is 4.74 Å². The molecule has 1 fully saturated rings. The van der Waals surface area contributed by atoms with Crippen LogP contribution in [0.15, 0.2) is 0 Å². The Hall–Kier alpha value is -0.160. The van der Waals surface area contributed by atoms with Gasteiger partial charge in [0.05, 0.1) is 13.2 Å². The standard InChI is InChI=1S/C7H16N2O2/c8-5-7(10)6-9-1-3-11-4-2-9/h7,10H,1-6,8H2/p+1/t7-/m1/s1. The lowest BCUT2D eigenvalue weighted by atomic mass is 10.3. The second-order valence-electron chi connectivity index (χ2n) is 2.86. The summed E-state index contributed by atoms with van der Waals surface area (Å²) in [6.45, 7) is 4.81. The van der Waals surface area contributed by atoms with Crippen molar-refractivity contribution in [2.75, 3.05) is 39.4 Å². The maximum Gasteiger partial charge on any atom is 0.115 e. The summed E-state index contributed by atoms with van der Waals surface area (Å²) in [4.78, 5) is 2.21. The summed E-state index contributed by atoms with van der Waals surface area (Å²) in [5.74, 6) is 0. The molecule has 0 amide bonds. The molecule has 4 nitrogen and oxygen atoms in total. The average molecular weight is 161 g/mol. The molecular formula is C7H17N2O2+. The zero-order chi connectivity index (χ0) is 8.10. The Labute approximate surface area is 66.9 Å². The van der Waals surface area contributed by atoms with Gasteiger partial charge in [0, 0.05) is 19.6 Å². The fourth-order valence-corrected chi connectivity index (χ4v) is 1.17. The summed E-state index contributed by atoms with van der Waals surface area (Å²) in [6.07, 6.45) is -0.270. The van der Waals surface area contributed by atoms with Crippen molar-refractivity contribution < 1.29 is 15.6 Å². The van der Waals surface area contributed by atoms with Crippen molar-refractivity contribution in [3.63, 3.8) is 0 Å². The Morgan fingerprint density at radius 2 is 2.09 bits per heavy atom. The maximum absolute atomic E-state index is 9.27. The molecule has 66 valence electrons. The molecule has 1 heterocycles. The highest BCUT2D eigenvalue weighted by atomic mass is 16.5. The van der Waals surface area contributed by atoms with Crippen LogP contribution in [0.2, 0.25) is 0 Å². The number of hydrogen-bond acceptors (Lipinski definition) is 3. The molecule has 0 aromatic carbocycles. The molecule has 11 heavy (non-hydrogen) atoms. The van der Waals surface area contributed by atoms with E-state index in [1.807, 2.05) is 0 Å². The van der Waals surface area contributed by atoms with Gasteiger partial charge in [-0.1, -0.05) is 0 Å². The van der Waals surface area contributed by atoms with Crippen molar-refractivity contribution in [1.82, 2.24) is 4.90 Å². The van der Waals surface area contributed by atoms with Crippen molar-refractivity contribution >= 4 is 0 Å². The summed E-state index contributed by atoms with van der Waals surface area (Å²) in [7, 11) is 0. The topological polar surface area (TPSA) is 60.3 Å². The fourth-order valence-electron chi connectivity index (χ4n) is 1.17. The molecule has 1 aliphatic heterocycles. The average Bonchev–Trinajstić information content (AvgIpc) is 2.06. The third-order valence-corrected chi connectivity index (χ3v) is 1.91. The minimum absolute atomic E-state index is 0.270. The summed E-state index contributed by atoms with van der Waals surface area (Å²) in [5, 5.41) is 9.27. The Kier molecular flexibility index (Phi) is 3.79. The molecule has 0 saturated carbocycles. The van der Waals surface area contributed by atoms with Gasteiger partial charge in [0.15, 0.2) is 0 Å². The predicted molar refractivity (Wildman–Crippen MR) is 41.0 cm³/mol. The monoisotopic (exact) mass is 161 g/mol. The van der Waals surface area contributed by atoms with Crippen LogP contribution < -0.4 is 5.73 Å². The Balaban J connectivity index is 2.13. The van der Waals surface area contributed by atoms with E-state index in [9.17, 15) is 5.11 Å². The first kappa shape index (κ1) is 8.93. The smallest absolute Gasteiger partial charge is 0.115 e. The fraction of sp³-hybridized carbons (Fsp3) is 1.00. The number of rotatable bonds is 3. The molecule has 0 aromatic rings. The van der Waals surface area contributed by atoms with Gasteiger partial charge in [-0.2, -0.15) is 0 Å². The summed E-state index contributed by atoms with van der Waals surface area (Å²) < 4.78 is 5.18. The third-order valence-electron chi connectivity index (χ3n) is 1.91. The minimum atomic E-state index is -0.270. The van der Waals surface area contributed by atoms with E-state index in [-0.39, 0.29) is 6.10 Å². The lowest BCUT2D eigenvalue weighted by Gasteiger charge is -2.27. The van der Waals surface area contributed by atoms with Gasteiger partial charge in [0.2, 0.25) is 0 Å². The number of β-amino-alcohol motifs (C(OH)–C–C–N with tert-alkyl or cyclic N) is 1. The molecule has 0 aliphatic carbocycles. The lowest BCUT2D eigenvalue weighted by molar-refractivity contribution is -0.384. The summed E-state index contributed by atoms with van der Waals surface area (Å²) in [5.41, 5.74) is 3.64. The third kappa shape index (κ3) is 3.16. The molecule has 1 saturated heterocycles. The maximum atomic E-state index is 9.27. The zero-order valence-electron chi connectivity index (χ0n) is 6.83. The van der Waals surface area contributed by atoms with Crippen molar-refractivity contribution in [2.24, 2.45) is 0 Å². The highest BCUT2D eigenvalue weighted by molar-refractivity contribution is 4.65. The predicted octanol–water partition coefficient (Wildman–Crippen LogP) is -2.08.